The standard InChI is InChI=1S/C21H30ClN3S/c22-15-6-4-7-16(12-15)23-21(26)24-17-13-19-10-5-11-20(14-17)25(19)18-8-2-1-3-9-18/h4,6-7,12,17-20H,1-3,5,8-11,13-14H2,(H2,23,24,26)/t17?,19-,20+. The Hall–Kier alpha value is -0.840. The third kappa shape index (κ3) is 4.35. The van der Waals surface area contributed by atoms with E-state index in [0.29, 0.717) is 6.04 Å². The normalized spacial score (nSPS) is 30.0. The zero-order chi connectivity index (χ0) is 17.9. The Balaban J connectivity index is 1.35. The molecule has 0 radical (unpaired) electrons. The van der Waals surface area contributed by atoms with Crippen LogP contribution in [0, 0.1) is 0 Å². The summed E-state index contributed by atoms with van der Waals surface area (Å²) in [6.45, 7) is 0. The van der Waals surface area contributed by atoms with E-state index in [0.717, 1.165) is 33.9 Å². The van der Waals surface area contributed by atoms with Crippen LogP contribution in [0.25, 0.3) is 0 Å². The average molecular weight is 392 g/mol. The highest BCUT2D eigenvalue weighted by Crippen LogP contribution is 2.39. The molecule has 3 fully saturated rings. The number of anilines is 1. The van der Waals surface area contributed by atoms with Crippen LogP contribution >= 0.6 is 23.8 Å². The maximum Gasteiger partial charge on any atom is 0.170 e. The Kier molecular flexibility index (Phi) is 6.02. The van der Waals surface area contributed by atoms with Crippen LogP contribution in [0.3, 0.4) is 0 Å². The number of rotatable bonds is 3. The molecule has 3 nitrogen and oxygen atoms in total. The first-order valence-corrected chi connectivity index (χ1v) is 11.1. The van der Waals surface area contributed by atoms with E-state index in [-0.39, 0.29) is 0 Å². The van der Waals surface area contributed by atoms with Gasteiger partial charge in [-0.2, -0.15) is 0 Å². The molecule has 4 rings (SSSR count). The average Bonchev–Trinajstić information content (AvgIpc) is 2.61. The molecular formula is C21H30ClN3S. The zero-order valence-corrected chi connectivity index (χ0v) is 17.0. The van der Waals surface area contributed by atoms with Crippen LogP contribution in [0.5, 0.6) is 0 Å². The molecule has 2 bridgehead atoms. The number of hydrogen-bond acceptors (Lipinski definition) is 2. The van der Waals surface area contributed by atoms with Crippen molar-refractivity contribution in [3.05, 3.63) is 29.3 Å². The highest BCUT2D eigenvalue weighted by Gasteiger charge is 2.41. The lowest BCUT2D eigenvalue weighted by Crippen LogP contribution is -2.60. The first-order chi connectivity index (χ1) is 12.7. The van der Waals surface area contributed by atoms with Crippen molar-refractivity contribution in [1.29, 1.82) is 0 Å². The molecule has 26 heavy (non-hydrogen) atoms. The molecule has 2 saturated heterocycles. The summed E-state index contributed by atoms with van der Waals surface area (Å²) >= 11 is 11.6. The summed E-state index contributed by atoms with van der Waals surface area (Å²) < 4.78 is 0. The van der Waals surface area contributed by atoms with Gasteiger partial charge in [0.1, 0.15) is 0 Å². The van der Waals surface area contributed by atoms with Crippen LogP contribution in [0.4, 0.5) is 5.69 Å². The second-order valence-corrected chi connectivity index (χ2v) is 9.10. The fourth-order valence-electron chi connectivity index (χ4n) is 5.43. The van der Waals surface area contributed by atoms with E-state index >= 15 is 0 Å². The lowest BCUT2D eigenvalue weighted by Gasteiger charge is -2.53. The fourth-order valence-corrected chi connectivity index (χ4v) is 5.90. The SMILES string of the molecule is S=C(Nc1cccc(Cl)c1)NC1C[C@H]2CCC[C@@H](C1)N2C1CCCCC1. The molecule has 142 valence electrons. The summed E-state index contributed by atoms with van der Waals surface area (Å²) in [4.78, 5) is 2.92. The minimum Gasteiger partial charge on any atom is -0.360 e. The Morgan fingerprint density at radius 2 is 1.65 bits per heavy atom. The lowest BCUT2D eigenvalue weighted by molar-refractivity contribution is -0.0195. The van der Waals surface area contributed by atoms with E-state index in [1.54, 1.807) is 0 Å². The highest BCUT2D eigenvalue weighted by molar-refractivity contribution is 7.80. The van der Waals surface area contributed by atoms with Gasteiger partial charge in [-0.1, -0.05) is 43.4 Å². The van der Waals surface area contributed by atoms with Crippen molar-refractivity contribution < 1.29 is 0 Å². The predicted molar refractivity (Wildman–Crippen MR) is 114 cm³/mol. The Morgan fingerprint density at radius 3 is 2.35 bits per heavy atom. The van der Waals surface area contributed by atoms with Gasteiger partial charge in [-0.05, 0) is 68.9 Å². The van der Waals surface area contributed by atoms with Gasteiger partial charge in [-0.3, -0.25) is 4.90 Å². The van der Waals surface area contributed by atoms with Crippen LogP contribution < -0.4 is 10.6 Å². The van der Waals surface area contributed by atoms with Crippen molar-refractivity contribution in [3.8, 4) is 0 Å². The van der Waals surface area contributed by atoms with Crippen molar-refractivity contribution in [3.63, 3.8) is 0 Å². The van der Waals surface area contributed by atoms with Crippen LogP contribution in [0.2, 0.25) is 5.02 Å². The van der Waals surface area contributed by atoms with E-state index in [2.05, 4.69) is 15.5 Å². The monoisotopic (exact) mass is 391 g/mol. The molecule has 2 N–H and O–H groups in total. The molecule has 0 amide bonds. The topological polar surface area (TPSA) is 27.3 Å². The molecule has 2 heterocycles. The second-order valence-electron chi connectivity index (χ2n) is 8.25. The number of benzene rings is 1. The van der Waals surface area contributed by atoms with Gasteiger partial charge in [0.15, 0.2) is 5.11 Å². The number of thiocarbonyl (C=S) groups is 1. The van der Waals surface area contributed by atoms with Crippen molar-refractivity contribution in [2.24, 2.45) is 0 Å². The van der Waals surface area contributed by atoms with Gasteiger partial charge in [0.2, 0.25) is 0 Å². The first-order valence-electron chi connectivity index (χ1n) is 10.3. The number of nitrogens with one attached hydrogen (secondary N) is 2. The van der Waals surface area contributed by atoms with E-state index in [1.807, 2.05) is 24.3 Å². The van der Waals surface area contributed by atoms with Crippen molar-refractivity contribution in [2.45, 2.75) is 88.4 Å². The number of piperidine rings is 2. The molecule has 0 aromatic heterocycles. The predicted octanol–water partition coefficient (Wildman–Crippen LogP) is 5.34. The molecule has 1 unspecified atom stereocenters. The van der Waals surface area contributed by atoms with Crippen molar-refractivity contribution in [2.75, 3.05) is 5.32 Å². The summed E-state index contributed by atoms with van der Waals surface area (Å²) in [5.74, 6) is 0. The summed E-state index contributed by atoms with van der Waals surface area (Å²) in [6, 6.07) is 10.6. The summed E-state index contributed by atoms with van der Waals surface area (Å²) in [5, 5.41) is 8.34. The van der Waals surface area contributed by atoms with Crippen molar-refractivity contribution in [1.82, 2.24) is 10.2 Å². The number of nitrogens with zero attached hydrogens (tertiary/aromatic N) is 1. The number of halogens is 1. The summed E-state index contributed by atoms with van der Waals surface area (Å²) in [7, 11) is 0. The van der Waals surface area contributed by atoms with Gasteiger partial charge in [0.25, 0.3) is 0 Å². The zero-order valence-electron chi connectivity index (χ0n) is 15.4. The lowest BCUT2D eigenvalue weighted by atomic mass is 9.78. The molecule has 3 atom stereocenters. The Labute approximate surface area is 167 Å². The molecular weight excluding hydrogens is 362 g/mol. The van der Waals surface area contributed by atoms with Crippen LogP contribution in [0.1, 0.15) is 64.2 Å². The largest absolute Gasteiger partial charge is 0.360 e. The second kappa shape index (κ2) is 8.45. The van der Waals surface area contributed by atoms with Gasteiger partial charge in [-0.15, -0.1) is 0 Å². The van der Waals surface area contributed by atoms with Gasteiger partial charge in [-0.25, -0.2) is 0 Å². The quantitative estimate of drug-likeness (QED) is 0.679. The molecule has 2 aliphatic heterocycles. The molecule has 1 saturated carbocycles. The van der Waals surface area contributed by atoms with E-state index in [9.17, 15) is 0 Å². The van der Waals surface area contributed by atoms with Crippen molar-refractivity contribution >= 4 is 34.6 Å². The third-order valence-electron chi connectivity index (χ3n) is 6.45. The number of fused-ring (bicyclic) bond motifs is 2. The molecule has 3 aliphatic rings. The van der Waals surface area contributed by atoms with Gasteiger partial charge < -0.3 is 10.6 Å². The minimum absolute atomic E-state index is 0.490. The van der Waals surface area contributed by atoms with E-state index < -0.39 is 0 Å². The molecule has 1 aromatic carbocycles. The first kappa shape index (κ1) is 18.5. The fraction of sp³-hybridized carbons (Fsp3) is 0.667. The van der Waals surface area contributed by atoms with Gasteiger partial charge >= 0.3 is 0 Å². The van der Waals surface area contributed by atoms with E-state index in [4.69, 9.17) is 23.8 Å². The summed E-state index contributed by atoms with van der Waals surface area (Å²) in [5.41, 5.74) is 0.954. The molecule has 0 spiro atoms. The Bertz CT molecular complexity index is 617. The van der Waals surface area contributed by atoms with E-state index in [1.165, 1.54) is 64.2 Å². The van der Waals surface area contributed by atoms with Crippen LogP contribution in [0.15, 0.2) is 24.3 Å². The minimum atomic E-state index is 0.490. The molecule has 1 aromatic rings. The Morgan fingerprint density at radius 1 is 0.962 bits per heavy atom. The number of hydrogen-bond donors (Lipinski definition) is 2. The third-order valence-corrected chi connectivity index (χ3v) is 6.90. The summed E-state index contributed by atoms with van der Waals surface area (Å²) in [6.07, 6.45) is 13.7. The highest BCUT2D eigenvalue weighted by atomic mass is 35.5. The maximum atomic E-state index is 6.07. The molecule has 5 heteroatoms. The van der Waals surface area contributed by atoms with Crippen LogP contribution in [-0.2, 0) is 0 Å². The molecule has 1 aliphatic carbocycles. The maximum absolute atomic E-state index is 6.07. The van der Waals surface area contributed by atoms with Gasteiger partial charge in [0.05, 0.1) is 0 Å². The van der Waals surface area contributed by atoms with Gasteiger partial charge in [0, 0.05) is 34.9 Å². The van der Waals surface area contributed by atoms with Crippen LogP contribution in [-0.4, -0.2) is 34.2 Å². The smallest absolute Gasteiger partial charge is 0.170 e.